The molecule has 0 unspecified atom stereocenters. The van der Waals surface area contributed by atoms with Crippen LogP contribution in [-0.2, 0) is 4.74 Å². The Morgan fingerprint density at radius 1 is 1.33 bits per heavy atom. The summed E-state index contributed by atoms with van der Waals surface area (Å²) in [6.07, 6.45) is 1.56. The van der Waals surface area contributed by atoms with Gasteiger partial charge in [-0.1, -0.05) is 19.4 Å². The number of ether oxygens (including phenoxy) is 1. The van der Waals surface area contributed by atoms with Gasteiger partial charge >= 0.3 is 0 Å². The van der Waals surface area contributed by atoms with Gasteiger partial charge in [0.25, 0.3) is 0 Å². The predicted molar refractivity (Wildman–Crippen MR) is 69.1 cm³/mol. The van der Waals surface area contributed by atoms with Crippen molar-refractivity contribution in [2.45, 2.75) is 70.4 Å². The van der Waals surface area contributed by atoms with Gasteiger partial charge in [0.15, 0.2) is 0 Å². The molecule has 5 atom stereocenters. The average Bonchev–Trinajstić information content (AvgIpc) is 2.77. The Morgan fingerprint density at radius 3 is 2.61 bits per heavy atom. The van der Waals surface area contributed by atoms with E-state index in [4.69, 9.17) is 4.74 Å². The van der Waals surface area contributed by atoms with Crippen LogP contribution in [-0.4, -0.2) is 33.6 Å². The summed E-state index contributed by atoms with van der Waals surface area (Å²) < 4.78 is 6.29. The van der Waals surface area contributed by atoms with Crippen LogP contribution < -0.4 is 0 Å². The average molecular weight is 252 g/mol. The fraction of sp³-hybridized carbons (Fsp3) is 0.867. The van der Waals surface area contributed by atoms with E-state index >= 15 is 0 Å². The molecule has 102 valence electrons. The predicted octanol–water partition coefficient (Wildman–Crippen LogP) is 2.02. The highest BCUT2D eigenvalue weighted by atomic mass is 16.6. The Morgan fingerprint density at radius 2 is 2.00 bits per heavy atom. The van der Waals surface area contributed by atoms with Crippen molar-refractivity contribution >= 4 is 0 Å². The maximum atomic E-state index is 10.8. The van der Waals surface area contributed by atoms with Crippen LogP contribution in [0, 0.1) is 11.8 Å². The molecule has 0 spiro atoms. The van der Waals surface area contributed by atoms with E-state index in [1.54, 1.807) is 0 Å². The van der Waals surface area contributed by atoms with Gasteiger partial charge in [-0.05, 0) is 38.2 Å². The van der Waals surface area contributed by atoms with Crippen molar-refractivity contribution in [3.63, 3.8) is 0 Å². The summed E-state index contributed by atoms with van der Waals surface area (Å²) >= 11 is 0. The first kappa shape index (κ1) is 12.6. The van der Waals surface area contributed by atoms with Crippen LogP contribution in [0.25, 0.3) is 0 Å². The monoisotopic (exact) mass is 252 g/mol. The minimum Gasteiger partial charge on any atom is -0.390 e. The molecule has 3 rings (SSSR count). The normalized spacial score (nSPS) is 51.2. The van der Waals surface area contributed by atoms with Crippen LogP contribution in [0.2, 0.25) is 0 Å². The second-order valence-electron chi connectivity index (χ2n) is 6.84. The maximum absolute atomic E-state index is 10.8. The van der Waals surface area contributed by atoms with Gasteiger partial charge in [-0.2, -0.15) is 0 Å². The third-order valence-corrected chi connectivity index (χ3v) is 5.69. The van der Waals surface area contributed by atoms with E-state index in [2.05, 4.69) is 20.8 Å². The van der Waals surface area contributed by atoms with Gasteiger partial charge in [-0.15, -0.1) is 0 Å². The largest absolute Gasteiger partial charge is 0.390 e. The lowest BCUT2D eigenvalue weighted by Gasteiger charge is -2.49. The summed E-state index contributed by atoms with van der Waals surface area (Å²) in [6.45, 7) is 8.30. The lowest BCUT2D eigenvalue weighted by Crippen LogP contribution is -2.57. The second kappa shape index (κ2) is 3.59. The minimum absolute atomic E-state index is 0.192. The number of aliphatic hydroxyl groups excluding tert-OH is 2. The fourth-order valence-corrected chi connectivity index (χ4v) is 4.40. The van der Waals surface area contributed by atoms with Crippen LogP contribution in [0.15, 0.2) is 11.1 Å². The molecular formula is C15H24O3. The van der Waals surface area contributed by atoms with Gasteiger partial charge in [0.1, 0.15) is 11.7 Å². The minimum atomic E-state index is -0.592. The first-order valence-electron chi connectivity index (χ1n) is 7.09. The molecule has 2 bridgehead atoms. The number of hydrogen-bond donors (Lipinski definition) is 2. The summed E-state index contributed by atoms with van der Waals surface area (Å²) in [5.74, 6) is 0.391. The lowest BCUT2D eigenvalue weighted by molar-refractivity contribution is -0.211. The molecule has 2 heterocycles. The smallest absolute Gasteiger partial charge is 0.105 e. The van der Waals surface area contributed by atoms with Gasteiger partial charge in [-0.25, -0.2) is 0 Å². The highest BCUT2D eigenvalue weighted by Gasteiger charge is 2.67. The van der Waals surface area contributed by atoms with Gasteiger partial charge < -0.3 is 14.9 Å². The van der Waals surface area contributed by atoms with Crippen molar-refractivity contribution in [1.82, 2.24) is 0 Å². The quantitative estimate of drug-likeness (QED) is 0.702. The first-order chi connectivity index (χ1) is 8.33. The van der Waals surface area contributed by atoms with Crippen LogP contribution in [0.1, 0.15) is 47.0 Å². The Kier molecular flexibility index (Phi) is 2.52. The molecule has 1 aliphatic carbocycles. The fourth-order valence-electron chi connectivity index (χ4n) is 4.40. The molecule has 0 aromatic carbocycles. The molecule has 2 N–H and O–H groups in total. The Bertz CT molecular complexity index is 414. The van der Waals surface area contributed by atoms with Crippen molar-refractivity contribution in [3.05, 3.63) is 11.1 Å². The zero-order valence-corrected chi connectivity index (χ0v) is 11.7. The Balaban J connectivity index is 2.15. The van der Waals surface area contributed by atoms with E-state index in [1.165, 1.54) is 5.57 Å². The zero-order chi connectivity index (χ0) is 13.3. The highest BCUT2D eigenvalue weighted by Crippen LogP contribution is 2.59. The van der Waals surface area contributed by atoms with Gasteiger partial charge in [0.2, 0.25) is 0 Å². The number of hydrogen-bond acceptors (Lipinski definition) is 3. The SMILES string of the molecule is CC1=C2[C@@H](CC1)[C@]1(C)O[C@@](C(C)C)(C[C@H]1O)[C@@H]2O. The summed E-state index contributed by atoms with van der Waals surface area (Å²) in [5.41, 5.74) is 1.37. The Hall–Kier alpha value is -0.380. The van der Waals surface area contributed by atoms with Gasteiger partial charge in [0.05, 0.1) is 11.7 Å². The molecule has 2 aliphatic heterocycles. The summed E-state index contributed by atoms with van der Waals surface area (Å²) in [5, 5.41) is 21.3. The first-order valence-corrected chi connectivity index (χ1v) is 7.09. The molecule has 3 aliphatic rings. The molecule has 3 heteroatoms. The van der Waals surface area contributed by atoms with E-state index in [-0.39, 0.29) is 11.8 Å². The topological polar surface area (TPSA) is 49.7 Å². The van der Waals surface area contributed by atoms with E-state index < -0.39 is 23.4 Å². The summed E-state index contributed by atoms with van der Waals surface area (Å²) in [6, 6.07) is 0. The van der Waals surface area contributed by atoms with Crippen molar-refractivity contribution in [1.29, 1.82) is 0 Å². The number of rotatable bonds is 1. The van der Waals surface area contributed by atoms with Gasteiger partial charge in [0, 0.05) is 12.3 Å². The van der Waals surface area contributed by atoms with Crippen LogP contribution in [0.4, 0.5) is 0 Å². The molecule has 2 saturated heterocycles. The maximum Gasteiger partial charge on any atom is 0.105 e. The molecule has 0 saturated carbocycles. The van der Waals surface area contributed by atoms with Crippen LogP contribution >= 0.6 is 0 Å². The lowest BCUT2D eigenvalue weighted by atomic mass is 9.74. The molecule has 0 radical (unpaired) electrons. The molecular weight excluding hydrogens is 228 g/mol. The molecule has 0 aromatic heterocycles. The van der Waals surface area contributed by atoms with Crippen molar-refractivity contribution in [2.24, 2.45) is 11.8 Å². The van der Waals surface area contributed by atoms with Crippen LogP contribution in [0.5, 0.6) is 0 Å². The highest BCUT2D eigenvalue weighted by molar-refractivity contribution is 5.37. The van der Waals surface area contributed by atoms with E-state index in [1.807, 2.05) is 6.92 Å². The van der Waals surface area contributed by atoms with Crippen LogP contribution in [0.3, 0.4) is 0 Å². The van der Waals surface area contributed by atoms with E-state index in [0.29, 0.717) is 6.42 Å². The third-order valence-electron chi connectivity index (χ3n) is 5.69. The number of fused-ring (bicyclic) bond motifs is 4. The van der Waals surface area contributed by atoms with Crippen molar-refractivity contribution < 1.29 is 14.9 Å². The van der Waals surface area contributed by atoms with Crippen molar-refractivity contribution in [3.8, 4) is 0 Å². The molecule has 3 nitrogen and oxygen atoms in total. The standard InChI is InChI=1S/C15H24O3/c1-8(2)15-7-11(16)14(4,18-15)10-6-5-9(3)12(10)13(15)17/h8,10-11,13,16-17H,5-7H2,1-4H3/t10-,11-,13-,14+,15-/m1/s1. The van der Waals surface area contributed by atoms with E-state index in [9.17, 15) is 10.2 Å². The molecule has 0 amide bonds. The second-order valence-corrected chi connectivity index (χ2v) is 6.84. The third kappa shape index (κ3) is 1.25. The summed E-state index contributed by atoms with van der Waals surface area (Å²) in [7, 11) is 0. The van der Waals surface area contributed by atoms with E-state index in [0.717, 1.165) is 18.4 Å². The van der Waals surface area contributed by atoms with Crippen molar-refractivity contribution in [2.75, 3.05) is 0 Å². The Labute approximate surface area is 109 Å². The molecule has 0 aromatic rings. The number of allylic oxidation sites excluding steroid dienone is 1. The van der Waals surface area contributed by atoms with Gasteiger partial charge in [-0.3, -0.25) is 0 Å². The summed E-state index contributed by atoms with van der Waals surface area (Å²) in [4.78, 5) is 0. The zero-order valence-electron chi connectivity index (χ0n) is 11.7. The number of aliphatic hydroxyl groups is 2. The molecule has 18 heavy (non-hydrogen) atoms. The molecule has 2 fully saturated rings.